The van der Waals surface area contributed by atoms with Crippen LogP contribution >= 0.6 is 0 Å². The number of aliphatic hydroxyl groups is 1. The van der Waals surface area contributed by atoms with Gasteiger partial charge in [-0.1, -0.05) is 6.92 Å². The van der Waals surface area contributed by atoms with Gasteiger partial charge < -0.3 is 45.1 Å². The molecule has 232 valence electrons. The highest BCUT2D eigenvalue weighted by atomic mass is 19.1. The Bertz CT molecular complexity index is 1540. The lowest BCUT2D eigenvalue weighted by Gasteiger charge is -2.38. The van der Waals surface area contributed by atoms with E-state index in [0.717, 1.165) is 0 Å². The van der Waals surface area contributed by atoms with Gasteiger partial charge in [-0.25, -0.2) is 14.0 Å². The van der Waals surface area contributed by atoms with Crippen LogP contribution in [0.1, 0.15) is 24.2 Å². The number of anilines is 3. The van der Waals surface area contributed by atoms with E-state index in [0.29, 0.717) is 28.6 Å². The molecule has 4 N–H and O–H groups in total. The van der Waals surface area contributed by atoms with Crippen molar-refractivity contribution >= 4 is 35.0 Å². The molecule has 0 radical (unpaired) electrons. The first-order chi connectivity index (χ1) is 21.1. The fourth-order valence-corrected chi connectivity index (χ4v) is 4.89. The smallest absolute Gasteiger partial charge is 0.323 e. The van der Waals surface area contributed by atoms with Crippen LogP contribution in [0.3, 0.4) is 0 Å². The van der Waals surface area contributed by atoms with Gasteiger partial charge >= 0.3 is 12.1 Å². The predicted octanol–water partition coefficient (Wildman–Crippen LogP) is 4.58. The number of aliphatic hydroxyl groups excluding tert-OH is 1. The van der Waals surface area contributed by atoms with Crippen molar-refractivity contribution in [2.75, 3.05) is 49.5 Å². The molecular formula is C31H34FN5O7. The normalized spacial score (nSPS) is 17.8. The summed E-state index contributed by atoms with van der Waals surface area (Å²) in [4.78, 5) is 42.4. The first-order valence-corrected chi connectivity index (χ1v) is 14.1. The van der Waals surface area contributed by atoms with Crippen LogP contribution in [0.4, 0.5) is 31.0 Å². The third-order valence-corrected chi connectivity index (χ3v) is 7.45. The van der Waals surface area contributed by atoms with E-state index >= 15 is 0 Å². The maximum atomic E-state index is 13.7. The molecule has 0 fully saturated rings. The van der Waals surface area contributed by atoms with Crippen LogP contribution in [0, 0.1) is 11.7 Å². The lowest BCUT2D eigenvalue weighted by Crippen LogP contribution is -2.50. The van der Waals surface area contributed by atoms with Crippen molar-refractivity contribution < 1.29 is 38.1 Å². The summed E-state index contributed by atoms with van der Waals surface area (Å²) in [6, 6.07) is 13.7. The first-order valence-electron chi connectivity index (χ1n) is 14.1. The number of hydrogen-bond donors (Lipinski definition) is 4. The van der Waals surface area contributed by atoms with Crippen molar-refractivity contribution in [1.29, 1.82) is 0 Å². The highest BCUT2D eigenvalue weighted by Gasteiger charge is 2.34. The summed E-state index contributed by atoms with van der Waals surface area (Å²) in [5.74, 6) is 0.403. The molecule has 0 bridgehead atoms. The molecular weight excluding hydrogens is 573 g/mol. The predicted molar refractivity (Wildman–Crippen MR) is 161 cm³/mol. The number of halogens is 1. The molecule has 12 nitrogen and oxygen atoms in total. The average molecular weight is 608 g/mol. The molecule has 2 heterocycles. The first kappa shape index (κ1) is 30.4. The number of ether oxygens (including phenoxy) is 3. The van der Waals surface area contributed by atoms with Gasteiger partial charge in [0.25, 0.3) is 5.91 Å². The molecule has 44 heavy (non-hydrogen) atoms. The Morgan fingerprint density at radius 3 is 2.34 bits per heavy atom. The van der Waals surface area contributed by atoms with Crippen LogP contribution in [0.5, 0.6) is 17.2 Å². The molecule has 3 atom stereocenters. The van der Waals surface area contributed by atoms with Crippen LogP contribution < -0.4 is 30.2 Å². The van der Waals surface area contributed by atoms with E-state index in [1.54, 1.807) is 49.2 Å². The summed E-state index contributed by atoms with van der Waals surface area (Å²) in [5, 5.41) is 18.1. The molecule has 0 aliphatic carbocycles. The Kier molecular flexibility index (Phi) is 9.04. The summed E-state index contributed by atoms with van der Waals surface area (Å²) in [5.41, 5.74) is 1.44. The Morgan fingerprint density at radius 1 is 0.977 bits per heavy atom. The summed E-state index contributed by atoms with van der Waals surface area (Å²) in [6.07, 6.45) is -0.525. The van der Waals surface area contributed by atoms with Crippen LogP contribution in [-0.4, -0.2) is 78.6 Å². The van der Waals surface area contributed by atoms with Gasteiger partial charge in [0, 0.05) is 42.6 Å². The zero-order chi connectivity index (χ0) is 31.4. The number of amides is 5. The largest absolute Gasteiger partial charge is 0.487 e. The number of fused-ring (bicyclic) bond motifs is 2. The molecule has 5 amide bonds. The number of hydrogen-bond acceptors (Lipinski definition) is 7. The van der Waals surface area contributed by atoms with Crippen molar-refractivity contribution in [2.45, 2.75) is 26.0 Å². The van der Waals surface area contributed by atoms with E-state index in [4.69, 9.17) is 14.2 Å². The molecule has 0 unspecified atom stereocenters. The second-order valence-electron chi connectivity index (χ2n) is 10.8. The van der Waals surface area contributed by atoms with Gasteiger partial charge in [-0.15, -0.1) is 0 Å². The summed E-state index contributed by atoms with van der Waals surface area (Å²) in [7, 11) is 1.64. The number of carbonyl (C=O) groups is 3. The van der Waals surface area contributed by atoms with Crippen LogP contribution in [0.15, 0.2) is 60.7 Å². The van der Waals surface area contributed by atoms with Crippen LogP contribution in [0.25, 0.3) is 0 Å². The lowest BCUT2D eigenvalue weighted by molar-refractivity contribution is 0.0371. The van der Waals surface area contributed by atoms with E-state index in [2.05, 4.69) is 16.0 Å². The van der Waals surface area contributed by atoms with Gasteiger partial charge in [-0.2, -0.15) is 0 Å². The van der Waals surface area contributed by atoms with Gasteiger partial charge in [0.15, 0.2) is 11.5 Å². The van der Waals surface area contributed by atoms with Crippen LogP contribution in [0.2, 0.25) is 0 Å². The number of nitrogens with zero attached hydrogens (tertiary/aromatic N) is 2. The Balaban J connectivity index is 1.33. The number of likely N-dealkylation sites (N-methyl/N-ethyl adjacent to an activating group) is 1. The molecule has 2 aliphatic heterocycles. The topological polar surface area (TPSA) is 142 Å². The molecule has 3 aromatic rings. The number of urea groups is 2. The Labute approximate surface area is 253 Å². The van der Waals surface area contributed by atoms with Crippen molar-refractivity contribution in [2.24, 2.45) is 5.92 Å². The van der Waals surface area contributed by atoms with Gasteiger partial charge in [-0.05, 0) is 61.5 Å². The van der Waals surface area contributed by atoms with E-state index in [9.17, 15) is 23.9 Å². The standard InChI is InChI=1S/C31H34FN5O7/c1-18-14-37(19(2)16-38)29(39)24-12-22(34-30(40)33-21-6-4-20(32)5-7-21)8-10-25(24)44-28(18)15-36(3)31(41)35-23-9-11-26-27(13-23)43-17-42-26/h4-13,18-19,28,38H,14-17H2,1-3H3,(H,35,41)(H2,33,34,40)/t18-,19-,28-/m0/s1. The fraction of sp³-hybridized carbons (Fsp3) is 0.323. The van der Waals surface area contributed by atoms with Crippen molar-refractivity contribution in [3.63, 3.8) is 0 Å². The summed E-state index contributed by atoms with van der Waals surface area (Å²) >= 11 is 0. The van der Waals surface area contributed by atoms with E-state index in [1.807, 2.05) is 6.92 Å². The zero-order valence-corrected chi connectivity index (χ0v) is 24.5. The van der Waals surface area contributed by atoms with E-state index in [-0.39, 0.29) is 55.7 Å². The second kappa shape index (κ2) is 13.1. The Hall–Kier alpha value is -5.04. The fourth-order valence-electron chi connectivity index (χ4n) is 4.89. The number of rotatable bonds is 7. The van der Waals surface area contributed by atoms with E-state index < -0.39 is 24.0 Å². The second-order valence-corrected chi connectivity index (χ2v) is 10.8. The summed E-state index contributed by atoms with van der Waals surface area (Å²) < 4.78 is 30.3. The van der Waals surface area contributed by atoms with Gasteiger partial charge in [0.05, 0.1) is 24.8 Å². The highest BCUT2D eigenvalue weighted by molar-refractivity contribution is 6.02. The molecule has 0 spiro atoms. The molecule has 5 rings (SSSR count). The maximum absolute atomic E-state index is 13.7. The maximum Gasteiger partial charge on any atom is 0.323 e. The summed E-state index contributed by atoms with van der Waals surface area (Å²) in [6.45, 7) is 3.97. The number of carbonyl (C=O) groups excluding carboxylic acids is 3. The van der Waals surface area contributed by atoms with Crippen molar-refractivity contribution in [3.8, 4) is 17.2 Å². The SMILES string of the molecule is C[C@H]1CN([C@@H](C)CO)C(=O)c2cc(NC(=O)Nc3ccc(F)cc3)ccc2O[C@H]1CN(C)C(=O)Nc1ccc2c(c1)OCO2. The minimum Gasteiger partial charge on any atom is -0.487 e. The molecule has 0 saturated carbocycles. The molecule has 2 aliphatic rings. The average Bonchev–Trinajstić information content (AvgIpc) is 3.48. The minimum atomic E-state index is -0.585. The van der Waals surface area contributed by atoms with Gasteiger partial charge in [0.1, 0.15) is 17.7 Å². The van der Waals surface area contributed by atoms with Crippen molar-refractivity contribution in [1.82, 2.24) is 9.80 Å². The molecule has 13 heteroatoms. The minimum absolute atomic E-state index is 0.125. The third-order valence-electron chi connectivity index (χ3n) is 7.45. The van der Waals surface area contributed by atoms with E-state index in [1.165, 1.54) is 35.2 Å². The van der Waals surface area contributed by atoms with Crippen LogP contribution in [-0.2, 0) is 0 Å². The molecule has 3 aromatic carbocycles. The Morgan fingerprint density at radius 2 is 1.61 bits per heavy atom. The lowest BCUT2D eigenvalue weighted by atomic mass is 9.99. The quantitative estimate of drug-likeness (QED) is 0.308. The van der Waals surface area contributed by atoms with Gasteiger partial charge in [0.2, 0.25) is 6.79 Å². The molecule has 0 saturated heterocycles. The van der Waals surface area contributed by atoms with Crippen molar-refractivity contribution in [3.05, 3.63) is 72.0 Å². The third kappa shape index (κ3) is 6.94. The number of benzene rings is 3. The zero-order valence-electron chi connectivity index (χ0n) is 24.5. The molecule has 0 aromatic heterocycles. The monoisotopic (exact) mass is 607 g/mol. The number of nitrogens with one attached hydrogen (secondary N) is 3. The van der Waals surface area contributed by atoms with Gasteiger partial charge in [-0.3, -0.25) is 4.79 Å². The highest BCUT2D eigenvalue weighted by Crippen LogP contribution is 2.34.